The van der Waals surface area contributed by atoms with E-state index in [1.807, 2.05) is 18.7 Å². The number of hydrogen-bond acceptors (Lipinski definition) is 5. The van der Waals surface area contributed by atoms with Crippen molar-refractivity contribution >= 4 is 42.5 Å². The van der Waals surface area contributed by atoms with Crippen molar-refractivity contribution in [3.05, 3.63) is 0 Å². The molecule has 2 rings (SSSR count). The van der Waals surface area contributed by atoms with Gasteiger partial charge in [0.1, 0.15) is 0 Å². The van der Waals surface area contributed by atoms with Crippen LogP contribution in [0.3, 0.4) is 0 Å². The number of rotatable bonds is 5. The van der Waals surface area contributed by atoms with Crippen LogP contribution in [0.2, 0.25) is 0 Å². The molecule has 0 aromatic heterocycles. The van der Waals surface area contributed by atoms with Gasteiger partial charge >= 0.3 is 0 Å². The number of morpholine rings is 1. The molecule has 0 radical (unpaired) electrons. The van der Waals surface area contributed by atoms with Crippen molar-refractivity contribution in [1.82, 2.24) is 10.2 Å². The van der Waals surface area contributed by atoms with Crippen LogP contribution >= 0.6 is 36.6 Å². The lowest BCUT2D eigenvalue weighted by molar-refractivity contribution is -0.122. The van der Waals surface area contributed by atoms with Crippen molar-refractivity contribution in [3.8, 4) is 0 Å². The Morgan fingerprint density at radius 1 is 1.43 bits per heavy atom. The Bertz CT molecular complexity index is 310. The smallest absolute Gasteiger partial charge is 0.221 e. The zero-order valence-electron chi connectivity index (χ0n) is 12.5. The number of ether oxygens (including phenoxy) is 1. The topological polar surface area (TPSA) is 67.6 Å². The molecule has 0 aromatic rings. The van der Waals surface area contributed by atoms with Gasteiger partial charge in [-0.15, -0.1) is 24.8 Å². The van der Waals surface area contributed by atoms with Crippen molar-refractivity contribution in [1.29, 1.82) is 0 Å². The molecule has 21 heavy (non-hydrogen) atoms. The largest absolute Gasteiger partial charge is 0.379 e. The van der Waals surface area contributed by atoms with Gasteiger partial charge in [0.15, 0.2) is 0 Å². The van der Waals surface area contributed by atoms with Gasteiger partial charge in [-0.1, -0.05) is 0 Å². The van der Waals surface area contributed by atoms with Gasteiger partial charge in [-0.05, 0) is 19.1 Å². The summed E-state index contributed by atoms with van der Waals surface area (Å²) in [6, 6.07) is -0.0720. The number of hydrogen-bond donors (Lipinski definition) is 2. The summed E-state index contributed by atoms with van der Waals surface area (Å²) in [6.07, 6.45) is 1.56. The number of nitrogens with zero attached hydrogens (tertiary/aromatic N) is 1. The van der Waals surface area contributed by atoms with Gasteiger partial charge in [-0.3, -0.25) is 9.69 Å². The number of amides is 1. The monoisotopic (exact) mass is 359 g/mol. The molecule has 2 aliphatic heterocycles. The maximum Gasteiger partial charge on any atom is 0.221 e. The highest BCUT2D eigenvalue weighted by atomic mass is 35.5. The van der Waals surface area contributed by atoms with Gasteiger partial charge in [0, 0.05) is 43.4 Å². The van der Waals surface area contributed by atoms with Gasteiger partial charge in [-0.2, -0.15) is 11.8 Å². The Hall–Kier alpha value is 0.280. The number of carbonyl (C=O) groups is 1. The molecule has 0 saturated carbocycles. The summed E-state index contributed by atoms with van der Waals surface area (Å²) in [4.78, 5) is 14.3. The van der Waals surface area contributed by atoms with Crippen LogP contribution in [0.15, 0.2) is 0 Å². The Kier molecular flexibility index (Phi) is 10.3. The van der Waals surface area contributed by atoms with Crippen molar-refractivity contribution in [2.75, 3.05) is 44.4 Å². The first-order valence-corrected chi connectivity index (χ1v) is 8.21. The lowest BCUT2D eigenvalue weighted by Gasteiger charge is -2.43. The molecule has 2 saturated heterocycles. The molecule has 0 aromatic carbocycles. The SMILES string of the molecule is CC(N)CC(=O)NCC1(N2CCOCC2)CCSC1.Cl.Cl. The van der Waals surface area contributed by atoms with E-state index >= 15 is 0 Å². The summed E-state index contributed by atoms with van der Waals surface area (Å²) >= 11 is 1.98. The van der Waals surface area contributed by atoms with Gasteiger partial charge in [0.25, 0.3) is 0 Å². The van der Waals surface area contributed by atoms with Gasteiger partial charge in [0.05, 0.1) is 13.2 Å². The highest BCUT2D eigenvalue weighted by Crippen LogP contribution is 2.33. The molecule has 3 N–H and O–H groups in total. The second-order valence-electron chi connectivity index (χ2n) is 5.58. The molecule has 2 aliphatic rings. The van der Waals surface area contributed by atoms with E-state index in [1.54, 1.807) is 0 Å². The van der Waals surface area contributed by atoms with E-state index in [0.717, 1.165) is 45.0 Å². The summed E-state index contributed by atoms with van der Waals surface area (Å²) < 4.78 is 5.43. The van der Waals surface area contributed by atoms with E-state index < -0.39 is 0 Å². The molecule has 2 heterocycles. The lowest BCUT2D eigenvalue weighted by Crippen LogP contribution is -2.59. The van der Waals surface area contributed by atoms with E-state index in [0.29, 0.717) is 6.42 Å². The van der Waals surface area contributed by atoms with Crippen molar-refractivity contribution in [2.24, 2.45) is 5.73 Å². The van der Waals surface area contributed by atoms with Gasteiger partial charge in [-0.25, -0.2) is 0 Å². The summed E-state index contributed by atoms with van der Waals surface area (Å²) in [6.45, 7) is 6.17. The molecule has 5 nitrogen and oxygen atoms in total. The third kappa shape index (κ3) is 6.12. The summed E-state index contributed by atoms with van der Waals surface area (Å²) in [5, 5.41) is 3.08. The molecule has 2 fully saturated rings. The number of halogens is 2. The quantitative estimate of drug-likeness (QED) is 0.762. The van der Waals surface area contributed by atoms with Crippen LogP contribution in [0.5, 0.6) is 0 Å². The first-order chi connectivity index (χ1) is 9.12. The molecule has 0 aliphatic carbocycles. The normalized spacial score (nSPS) is 27.3. The number of carbonyl (C=O) groups excluding carboxylic acids is 1. The van der Waals surface area contributed by atoms with E-state index in [9.17, 15) is 4.79 Å². The molecule has 126 valence electrons. The number of nitrogens with two attached hydrogens (primary N) is 1. The van der Waals surface area contributed by atoms with Crippen LogP contribution in [0.4, 0.5) is 0 Å². The van der Waals surface area contributed by atoms with Crippen LogP contribution in [0, 0.1) is 0 Å². The molecular weight excluding hydrogens is 333 g/mol. The van der Waals surface area contributed by atoms with E-state index in [-0.39, 0.29) is 42.3 Å². The van der Waals surface area contributed by atoms with E-state index in [4.69, 9.17) is 10.5 Å². The van der Waals surface area contributed by atoms with E-state index in [2.05, 4.69) is 10.2 Å². The molecule has 2 unspecified atom stereocenters. The predicted octanol–water partition coefficient (Wildman–Crippen LogP) is 0.891. The van der Waals surface area contributed by atoms with Crippen LogP contribution in [0.1, 0.15) is 19.8 Å². The molecule has 0 bridgehead atoms. The fourth-order valence-electron chi connectivity index (χ4n) is 2.76. The lowest BCUT2D eigenvalue weighted by atomic mass is 9.95. The number of nitrogens with one attached hydrogen (secondary N) is 1. The minimum Gasteiger partial charge on any atom is -0.379 e. The summed E-state index contributed by atoms with van der Waals surface area (Å²) in [5.41, 5.74) is 5.79. The maximum atomic E-state index is 11.8. The number of thioether (sulfide) groups is 1. The molecular formula is C13H27Cl2N3O2S. The van der Waals surface area contributed by atoms with Crippen LogP contribution in [-0.2, 0) is 9.53 Å². The second kappa shape index (κ2) is 10.1. The molecule has 8 heteroatoms. The Labute approximate surface area is 143 Å². The zero-order valence-corrected chi connectivity index (χ0v) is 15.0. The zero-order chi connectivity index (χ0) is 13.7. The average Bonchev–Trinajstić information content (AvgIpc) is 2.87. The Morgan fingerprint density at radius 2 is 2.10 bits per heavy atom. The van der Waals surface area contributed by atoms with Crippen molar-refractivity contribution in [3.63, 3.8) is 0 Å². The fraction of sp³-hybridized carbons (Fsp3) is 0.923. The van der Waals surface area contributed by atoms with Gasteiger partial charge in [0.2, 0.25) is 5.91 Å². The Balaban J connectivity index is 0.00000200. The maximum absolute atomic E-state index is 11.8. The first-order valence-electron chi connectivity index (χ1n) is 7.05. The predicted molar refractivity (Wildman–Crippen MR) is 92.8 cm³/mol. The highest BCUT2D eigenvalue weighted by Gasteiger charge is 2.40. The Morgan fingerprint density at radius 3 is 2.62 bits per heavy atom. The van der Waals surface area contributed by atoms with E-state index in [1.165, 1.54) is 5.75 Å². The first kappa shape index (κ1) is 21.3. The van der Waals surface area contributed by atoms with Gasteiger partial charge < -0.3 is 15.8 Å². The van der Waals surface area contributed by atoms with Crippen molar-refractivity contribution in [2.45, 2.75) is 31.3 Å². The standard InChI is InChI=1S/C13H25N3O2S.2ClH/c1-11(14)8-12(17)15-9-13(2-7-19-10-13)16-3-5-18-6-4-16;;/h11H,2-10,14H2,1H3,(H,15,17);2*1H. The molecule has 1 amide bonds. The van der Waals surface area contributed by atoms with Crippen molar-refractivity contribution < 1.29 is 9.53 Å². The molecule has 0 spiro atoms. The molecule has 2 atom stereocenters. The van der Waals surface area contributed by atoms with Crippen LogP contribution in [-0.4, -0.2) is 66.7 Å². The minimum atomic E-state index is -0.0720. The summed E-state index contributed by atoms with van der Waals surface area (Å²) in [5.74, 6) is 2.35. The second-order valence-corrected chi connectivity index (χ2v) is 6.69. The van der Waals surface area contributed by atoms with Crippen LogP contribution < -0.4 is 11.1 Å². The highest BCUT2D eigenvalue weighted by molar-refractivity contribution is 7.99. The average molecular weight is 360 g/mol. The minimum absolute atomic E-state index is 0. The third-order valence-corrected chi connectivity index (χ3v) is 5.12. The van der Waals surface area contributed by atoms with Crippen LogP contribution in [0.25, 0.3) is 0 Å². The fourth-order valence-corrected chi connectivity index (χ4v) is 4.24. The third-order valence-electron chi connectivity index (χ3n) is 3.89. The summed E-state index contributed by atoms with van der Waals surface area (Å²) in [7, 11) is 0.